The summed E-state index contributed by atoms with van der Waals surface area (Å²) in [6.07, 6.45) is 5.46. The molecule has 0 saturated heterocycles. The Bertz CT molecular complexity index is 475. The van der Waals surface area contributed by atoms with Crippen LogP contribution in [0, 0.1) is 11.3 Å². The average molecular weight is 292 g/mol. The van der Waals surface area contributed by atoms with Crippen molar-refractivity contribution < 1.29 is 4.74 Å². The van der Waals surface area contributed by atoms with E-state index in [1.807, 2.05) is 0 Å². The van der Waals surface area contributed by atoms with Gasteiger partial charge in [0.2, 0.25) is 5.88 Å². The van der Waals surface area contributed by atoms with Crippen molar-refractivity contribution in [1.82, 2.24) is 9.97 Å². The molecule has 5 heteroatoms. The number of nitrogens with one attached hydrogen (secondary N) is 1. The van der Waals surface area contributed by atoms with Crippen LogP contribution in [0.4, 0.5) is 5.82 Å². The van der Waals surface area contributed by atoms with Gasteiger partial charge in [0.15, 0.2) is 0 Å². The number of aryl methyl sites for hydroxylation is 1. The van der Waals surface area contributed by atoms with E-state index in [1.165, 1.54) is 6.42 Å². The first-order valence-corrected chi connectivity index (χ1v) is 7.93. The van der Waals surface area contributed by atoms with Crippen LogP contribution in [0.2, 0.25) is 0 Å². The van der Waals surface area contributed by atoms with Crippen LogP contribution in [0.1, 0.15) is 59.2 Å². The number of ether oxygens (including phenoxy) is 1. The fourth-order valence-corrected chi connectivity index (χ4v) is 3.46. The van der Waals surface area contributed by atoms with Gasteiger partial charge in [0.1, 0.15) is 17.7 Å². The quantitative estimate of drug-likeness (QED) is 0.643. The maximum absolute atomic E-state index is 6.14. The first-order chi connectivity index (χ1) is 9.91. The van der Waals surface area contributed by atoms with Crippen LogP contribution in [0.25, 0.3) is 0 Å². The third-order valence-electron chi connectivity index (χ3n) is 4.00. The molecule has 0 amide bonds. The maximum Gasteiger partial charge on any atom is 0.219 e. The summed E-state index contributed by atoms with van der Waals surface area (Å²) in [5.41, 5.74) is 2.93. The molecule has 2 rings (SSSR count). The predicted molar refractivity (Wildman–Crippen MR) is 85.0 cm³/mol. The van der Waals surface area contributed by atoms with Crippen LogP contribution < -0.4 is 16.0 Å². The lowest BCUT2D eigenvalue weighted by Crippen LogP contribution is -2.34. The van der Waals surface area contributed by atoms with Crippen molar-refractivity contribution in [3.63, 3.8) is 0 Å². The van der Waals surface area contributed by atoms with Gasteiger partial charge in [0, 0.05) is 12.5 Å². The van der Waals surface area contributed by atoms with Gasteiger partial charge in [0.05, 0.1) is 0 Å². The van der Waals surface area contributed by atoms with Crippen LogP contribution >= 0.6 is 0 Å². The van der Waals surface area contributed by atoms with Gasteiger partial charge in [-0.15, -0.1) is 0 Å². The number of nitrogens with two attached hydrogens (primary N) is 1. The third-order valence-corrected chi connectivity index (χ3v) is 4.00. The zero-order valence-electron chi connectivity index (χ0n) is 13.6. The highest BCUT2D eigenvalue weighted by Crippen LogP contribution is 2.39. The molecule has 0 aromatic carbocycles. The summed E-state index contributed by atoms with van der Waals surface area (Å²) < 4.78 is 6.14. The summed E-state index contributed by atoms with van der Waals surface area (Å²) in [6.45, 7) is 9.03. The van der Waals surface area contributed by atoms with E-state index >= 15 is 0 Å². The number of nitrogens with zero attached hydrogens (tertiary/aromatic N) is 2. The number of hydrogen-bond acceptors (Lipinski definition) is 5. The second kappa shape index (κ2) is 6.60. The van der Waals surface area contributed by atoms with Gasteiger partial charge in [-0.25, -0.2) is 10.8 Å². The Kier molecular flexibility index (Phi) is 5.04. The van der Waals surface area contributed by atoms with E-state index in [1.54, 1.807) is 6.07 Å². The molecule has 118 valence electrons. The Morgan fingerprint density at radius 1 is 1.38 bits per heavy atom. The zero-order chi connectivity index (χ0) is 15.5. The van der Waals surface area contributed by atoms with Crippen molar-refractivity contribution in [2.24, 2.45) is 17.2 Å². The zero-order valence-corrected chi connectivity index (χ0v) is 13.6. The van der Waals surface area contributed by atoms with Gasteiger partial charge >= 0.3 is 0 Å². The molecule has 1 aliphatic rings. The van der Waals surface area contributed by atoms with Crippen LogP contribution in [0.3, 0.4) is 0 Å². The van der Waals surface area contributed by atoms with Crippen molar-refractivity contribution in [3.05, 3.63) is 11.9 Å². The summed E-state index contributed by atoms with van der Waals surface area (Å²) in [4.78, 5) is 8.86. The lowest BCUT2D eigenvalue weighted by Gasteiger charge is -2.38. The fraction of sp³-hybridized carbons (Fsp3) is 0.750. The number of anilines is 1. The first-order valence-electron chi connectivity index (χ1n) is 7.93. The second-order valence-electron chi connectivity index (χ2n) is 7.06. The highest BCUT2D eigenvalue weighted by atomic mass is 16.5. The summed E-state index contributed by atoms with van der Waals surface area (Å²) >= 11 is 0. The molecular weight excluding hydrogens is 264 g/mol. The SMILES string of the molecule is CCCc1nc(NN)cc(OC2CC(C)CC(C)(C)C2)n1. The summed E-state index contributed by atoms with van der Waals surface area (Å²) in [5, 5.41) is 0. The molecule has 3 N–H and O–H groups in total. The van der Waals surface area contributed by atoms with Crippen LogP contribution in [-0.4, -0.2) is 16.1 Å². The summed E-state index contributed by atoms with van der Waals surface area (Å²) in [7, 11) is 0. The van der Waals surface area contributed by atoms with Crippen molar-refractivity contribution in [1.29, 1.82) is 0 Å². The van der Waals surface area contributed by atoms with E-state index in [0.29, 0.717) is 23.0 Å². The predicted octanol–water partition coefficient (Wildman–Crippen LogP) is 3.31. The number of hydrazine groups is 1. The van der Waals surface area contributed by atoms with Crippen molar-refractivity contribution >= 4 is 5.82 Å². The standard InChI is InChI=1S/C16H28N4O/c1-5-6-13-18-14(20-17)8-15(19-13)21-12-7-11(2)9-16(3,4)10-12/h8,11-12H,5-7,9-10,17H2,1-4H3,(H,18,19,20). The molecule has 1 heterocycles. The highest BCUT2D eigenvalue weighted by molar-refractivity contribution is 5.37. The summed E-state index contributed by atoms with van der Waals surface area (Å²) in [6, 6.07) is 1.78. The highest BCUT2D eigenvalue weighted by Gasteiger charge is 2.33. The van der Waals surface area contributed by atoms with Gasteiger partial charge in [0.25, 0.3) is 0 Å². The van der Waals surface area contributed by atoms with E-state index in [-0.39, 0.29) is 6.10 Å². The van der Waals surface area contributed by atoms with Gasteiger partial charge in [-0.05, 0) is 37.0 Å². The lowest BCUT2D eigenvalue weighted by molar-refractivity contribution is 0.0531. The molecule has 1 aromatic rings. The molecule has 5 nitrogen and oxygen atoms in total. The molecule has 0 bridgehead atoms. The normalized spacial score (nSPS) is 24.6. The van der Waals surface area contributed by atoms with E-state index in [4.69, 9.17) is 10.6 Å². The number of hydrogen-bond donors (Lipinski definition) is 2. The van der Waals surface area contributed by atoms with E-state index in [2.05, 4.69) is 43.1 Å². The molecule has 0 radical (unpaired) electrons. The number of rotatable bonds is 5. The molecule has 1 aliphatic carbocycles. The van der Waals surface area contributed by atoms with E-state index in [9.17, 15) is 0 Å². The van der Waals surface area contributed by atoms with Crippen LogP contribution in [-0.2, 0) is 6.42 Å². The Hall–Kier alpha value is -1.36. The van der Waals surface area contributed by atoms with E-state index < -0.39 is 0 Å². The van der Waals surface area contributed by atoms with Crippen LogP contribution in [0.5, 0.6) is 5.88 Å². The fourth-order valence-electron chi connectivity index (χ4n) is 3.46. The largest absolute Gasteiger partial charge is 0.474 e. The Morgan fingerprint density at radius 3 is 2.76 bits per heavy atom. The third kappa shape index (κ3) is 4.56. The minimum absolute atomic E-state index is 0.221. The van der Waals surface area contributed by atoms with Crippen molar-refractivity contribution in [3.8, 4) is 5.88 Å². The Balaban J connectivity index is 2.12. The number of aromatic nitrogens is 2. The van der Waals surface area contributed by atoms with Crippen molar-refractivity contribution in [2.75, 3.05) is 5.43 Å². The first kappa shape index (κ1) is 16.0. The Labute approximate surface area is 127 Å². The molecule has 2 unspecified atom stereocenters. The van der Waals surface area contributed by atoms with E-state index in [0.717, 1.165) is 31.5 Å². The molecule has 0 spiro atoms. The van der Waals surface area contributed by atoms with Crippen LogP contribution in [0.15, 0.2) is 6.07 Å². The molecule has 1 fully saturated rings. The monoisotopic (exact) mass is 292 g/mol. The smallest absolute Gasteiger partial charge is 0.219 e. The van der Waals surface area contributed by atoms with Crippen molar-refractivity contribution in [2.45, 2.75) is 65.9 Å². The molecule has 1 aromatic heterocycles. The molecule has 21 heavy (non-hydrogen) atoms. The number of nitrogen functional groups attached to an aromatic ring is 1. The average Bonchev–Trinajstić information content (AvgIpc) is 2.36. The minimum atomic E-state index is 0.221. The second-order valence-corrected chi connectivity index (χ2v) is 7.06. The molecular formula is C16H28N4O. The topological polar surface area (TPSA) is 73.1 Å². The van der Waals surface area contributed by atoms with Gasteiger partial charge in [-0.1, -0.05) is 27.7 Å². The maximum atomic E-state index is 6.14. The molecule has 2 atom stereocenters. The lowest BCUT2D eigenvalue weighted by atomic mass is 9.71. The molecule has 1 saturated carbocycles. The van der Waals surface area contributed by atoms with Gasteiger partial charge < -0.3 is 10.2 Å². The van der Waals surface area contributed by atoms with Gasteiger partial charge in [-0.3, -0.25) is 0 Å². The molecule has 0 aliphatic heterocycles. The van der Waals surface area contributed by atoms with Gasteiger partial charge in [-0.2, -0.15) is 4.98 Å². The Morgan fingerprint density at radius 2 is 2.14 bits per heavy atom. The summed E-state index contributed by atoms with van der Waals surface area (Å²) in [5.74, 6) is 8.21. The minimum Gasteiger partial charge on any atom is -0.474 e.